The molecule has 124 valence electrons. The maximum absolute atomic E-state index is 12.4. The molecule has 0 saturated carbocycles. The average Bonchev–Trinajstić information content (AvgIpc) is 3.00. The van der Waals surface area contributed by atoms with E-state index in [0.29, 0.717) is 11.6 Å². The van der Waals surface area contributed by atoms with Gasteiger partial charge in [0.1, 0.15) is 11.5 Å². The molecule has 2 aliphatic heterocycles. The molecule has 3 rings (SSSR count). The molecule has 0 unspecified atom stereocenters. The molecular weight excluding hydrogens is 295 g/mol. The molecule has 3 heterocycles. The Bertz CT molecular complexity index is 652. The average molecular weight is 318 g/mol. The number of allylic oxidation sites excluding steroid dienone is 1. The second-order valence-electron chi connectivity index (χ2n) is 5.01. The van der Waals surface area contributed by atoms with E-state index < -0.39 is 6.80 Å². The molecule has 23 heavy (non-hydrogen) atoms. The van der Waals surface area contributed by atoms with Crippen LogP contribution < -0.4 is 4.90 Å². The van der Waals surface area contributed by atoms with E-state index in [-0.39, 0.29) is 5.90 Å². The Hall–Kier alpha value is -2.24. The van der Waals surface area contributed by atoms with Gasteiger partial charge in [-0.3, -0.25) is 0 Å². The van der Waals surface area contributed by atoms with Crippen molar-refractivity contribution in [2.24, 2.45) is 9.98 Å². The minimum atomic E-state index is -0.817. The summed E-state index contributed by atoms with van der Waals surface area (Å²) in [5, 5.41) is 0. The van der Waals surface area contributed by atoms with Gasteiger partial charge in [-0.15, -0.1) is 0 Å². The Labute approximate surface area is 136 Å². The highest BCUT2D eigenvalue weighted by atomic mass is 19.1. The van der Waals surface area contributed by atoms with Crippen LogP contribution in [0.2, 0.25) is 0 Å². The quantitative estimate of drug-likeness (QED) is 0.784. The lowest BCUT2D eigenvalue weighted by atomic mass is 10.0. The third-order valence-corrected chi connectivity index (χ3v) is 3.60. The third-order valence-electron chi connectivity index (χ3n) is 3.60. The second kappa shape index (κ2) is 7.85. The molecule has 0 spiro atoms. The minimum absolute atomic E-state index is 0.227. The van der Waals surface area contributed by atoms with Crippen LogP contribution in [-0.4, -0.2) is 37.2 Å². The van der Waals surface area contributed by atoms with E-state index >= 15 is 0 Å². The molecule has 2 aliphatic rings. The third kappa shape index (κ3) is 3.57. The van der Waals surface area contributed by atoms with Crippen molar-refractivity contribution in [2.75, 3.05) is 25.3 Å². The van der Waals surface area contributed by atoms with Gasteiger partial charge in [0.15, 0.2) is 6.80 Å². The smallest absolute Gasteiger partial charge is 0.245 e. The molecule has 0 radical (unpaired) electrons. The maximum atomic E-state index is 12.4. The number of aryl methyl sites for hydroxylation is 1. The number of hydrogen-bond donors (Lipinski definition) is 0. The van der Waals surface area contributed by atoms with Crippen molar-refractivity contribution < 1.29 is 9.13 Å². The highest BCUT2D eigenvalue weighted by Gasteiger charge is 2.24. The van der Waals surface area contributed by atoms with E-state index in [2.05, 4.69) is 19.9 Å². The number of fused-ring (bicyclic) bond motifs is 1. The first-order chi connectivity index (χ1) is 11.2. The SMILES string of the molecule is C/C=C1/N=C(c2cnc3c(c2)CCCN3C)O/C1=N/CF.CC. The number of aromatic nitrogens is 1. The van der Waals surface area contributed by atoms with Gasteiger partial charge in [0.2, 0.25) is 11.8 Å². The number of ether oxygens (including phenoxy) is 1. The Morgan fingerprint density at radius 1 is 1.43 bits per heavy atom. The fraction of sp³-hybridized carbons (Fsp3) is 0.471. The summed E-state index contributed by atoms with van der Waals surface area (Å²) in [6.07, 6.45) is 5.60. The zero-order valence-corrected chi connectivity index (χ0v) is 14.1. The van der Waals surface area contributed by atoms with E-state index in [0.717, 1.165) is 30.8 Å². The number of rotatable bonds is 2. The van der Waals surface area contributed by atoms with Gasteiger partial charge in [-0.25, -0.2) is 19.4 Å². The molecular formula is C17H23FN4O. The normalized spacial score (nSPS) is 19.9. The van der Waals surface area contributed by atoms with E-state index in [1.54, 1.807) is 12.3 Å². The molecule has 1 aromatic heterocycles. The van der Waals surface area contributed by atoms with Crippen LogP contribution in [0.1, 0.15) is 38.3 Å². The van der Waals surface area contributed by atoms with Crippen LogP contribution in [0.3, 0.4) is 0 Å². The van der Waals surface area contributed by atoms with Crippen molar-refractivity contribution in [3.05, 3.63) is 35.2 Å². The molecule has 0 saturated heterocycles. The summed E-state index contributed by atoms with van der Waals surface area (Å²) in [5.41, 5.74) is 2.54. The van der Waals surface area contributed by atoms with Crippen molar-refractivity contribution in [3.63, 3.8) is 0 Å². The van der Waals surface area contributed by atoms with Gasteiger partial charge >= 0.3 is 0 Å². The fourth-order valence-electron chi connectivity index (χ4n) is 2.56. The van der Waals surface area contributed by atoms with Crippen LogP contribution in [0.25, 0.3) is 0 Å². The Morgan fingerprint density at radius 2 is 2.22 bits per heavy atom. The lowest BCUT2D eigenvalue weighted by molar-refractivity contribution is 0.491. The van der Waals surface area contributed by atoms with Crippen molar-refractivity contribution in [1.29, 1.82) is 0 Å². The van der Waals surface area contributed by atoms with E-state index in [9.17, 15) is 4.39 Å². The van der Waals surface area contributed by atoms with Crippen LogP contribution in [0, 0.1) is 0 Å². The zero-order valence-electron chi connectivity index (χ0n) is 14.1. The molecule has 1 aromatic rings. The highest BCUT2D eigenvalue weighted by Crippen LogP contribution is 2.26. The monoisotopic (exact) mass is 318 g/mol. The predicted molar refractivity (Wildman–Crippen MR) is 92.0 cm³/mol. The summed E-state index contributed by atoms with van der Waals surface area (Å²) in [5.74, 6) is 1.66. The first-order valence-corrected chi connectivity index (χ1v) is 7.97. The molecule has 0 bridgehead atoms. The molecule has 0 atom stereocenters. The lowest BCUT2D eigenvalue weighted by Gasteiger charge is -2.26. The Kier molecular flexibility index (Phi) is 5.84. The van der Waals surface area contributed by atoms with Gasteiger partial charge in [-0.05, 0) is 31.4 Å². The van der Waals surface area contributed by atoms with Crippen molar-refractivity contribution in [1.82, 2.24) is 4.98 Å². The van der Waals surface area contributed by atoms with Crippen molar-refractivity contribution >= 4 is 17.6 Å². The molecule has 6 heteroatoms. The van der Waals surface area contributed by atoms with Gasteiger partial charge in [0, 0.05) is 19.8 Å². The van der Waals surface area contributed by atoms with Crippen LogP contribution in [0.15, 0.2) is 34.0 Å². The number of hydrogen-bond acceptors (Lipinski definition) is 5. The van der Waals surface area contributed by atoms with E-state index in [1.807, 2.05) is 33.9 Å². The van der Waals surface area contributed by atoms with Gasteiger partial charge in [-0.1, -0.05) is 19.9 Å². The van der Waals surface area contributed by atoms with Crippen molar-refractivity contribution in [2.45, 2.75) is 33.6 Å². The number of alkyl halides is 1. The van der Waals surface area contributed by atoms with Gasteiger partial charge < -0.3 is 9.64 Å². The Morgan fingerprint density at radius 3 is 2.91 bits per heavy atom. The summed E-state index contributed by atoms with van der Waals surface area (Å²) in [4.78, 5) is 14.7. The molecule has 0 N–H and O–H groups in total. The first-order valence-electron chi connectivity index (χ1n) is 7.97. The molecule has 0 aliphatic carbocycles. The van der Waals surface area contributed by atoms with Gasteiger partial charge in [-0.2, -0.15) is 0 Å². The number of nitrogens with zero attached hydrogens (tertiary/aromatic N) is 4. The second-order valence-corrected chi connectivity index (χ2v) is 5.01. The van der Waals surface area contributed by atoms with Crippen LogP contribution in [-0.2, 0) is 11.2 Å². The topological polar surface area (TPSA) is 50.1 Å². The Balaban J connectivity index is 0.000000924. The largest absolute Gasteiger partial charge is 0.418 e. The first kappa shape index (κ1) is 17.1. The highest BCUT2D eigenvalue weighted by molar-refractivity contribution is 6.13. The lowest BCUT2D eigenvalue weighted by Crippen LogP contribution is -2.26. The van der Waals surface area contributed by atoms with Crippen molar-refractivity contribution in [3.8, 4) is 0 Å². The molecule has 5 nitrogen and oxygen atoms in total. The summed E-state index contributed by atoms with van der Waals surface area (Å²) in [6, 6.07) is 2.04. The number of aliphatic imine (C=N–C) groups is 2. The van der Waals surface area contributed by atoms with Gasteiger partial charge in [0.05, 0.1) is 5.56 Å². The van der Waals surface area contributed by atoms with Crippen LogP contribution in [0.4, 0.5) is 10.2 Å². The summed E-state index contributed by atoms with van der Waals surface area (Å²) < 4.78 is 17.9. The van der Waals surface area contributed by atoms with Gasteiger partial charge in [0.25, 0.3) is 0 Å². The van der Waals surface area contributed by atoms with E-state index in [4.69, 9.17) is 4.74 Å². The number of pyridine rings is 1. The number of anilines is 1. The standard InChI is InChI=1S/C15H17FN4O.C2H6/c1-3-12-15(18-9-16)21-14(19-12)11-7-10-5-4-6-20(2)13(10)17-8-11;1-2/h3,7-8H,4-6,9H2,1-2H3;1-2H3/b12-3+,18-15+;. The molecule has 0 amide bonds. The molecule has 0 fully saturated rings. The summed E-state index contributed by atoms with van der Waals surface area (Å²) >= 11 is 0. The fourth-order valence-corrected chi connectivity index (χ4v) is 2.56. The summed E-state index contributed by atoms with van der Waals surface area (Å²) in [6.45, 7) is 6.02. The minimum Gasteiger partial charge on any atom is -0.418 e. The molecule has 0 aromatic carbocycles. The number of halogens is 1. The predicted octanol–water partition coefficient (Wildman–Crippen LogP) is 3.50. The summed E-state index contributed by atoms with van der Waals surface area (Å²) in [7, 11) is 2.04. The van der Waals surface area contributed by atoms with E-state index in [1.165, 1.54) is 5.56 Å². The van der Waals surface area contributed by atoms with Crippen LogP contribution >= 0.6 is 0 Å². The zero-order chi connectivity index (χ0) is 16.8. The van der Waals surface area contributed by atoms with Crippen LogP contribution in [0.5, 0.6) is 0 Å². The maximum Gasteiger partial charge on any atom is 0.245 e.